The normalized spacial score (nSPS) is 20.2. The molecule has 0 bridgehead atoms. The lowest BCUT2D eigenvalue weighted by molar-refractivity contribution is -0.757. The van der Waals surface area contributed by atoms with Gasteiger partial charge in [-0.05, 0) is 68.6 Å². The van der Waals surface area contributed by atoms with E-state index in [-0.39, 0.29) is 30.7 Å². The Labute approximate surface area is 224 Å². The summed E-state index contributed by atoms with van der Waals surface area (Å²) < 4.78 is 41.9. The Morgan fingerprint density at radius 1 is 1.24 bits per heavy atom. The molecule has 38 heavy (non-hydrogen) atoms. The molecule has 0 N–H and O–H groups in total. The molecular formula is C29H41F2NO6. The lowest BCUT2D eigenvalue weighted by atomic mass is 9.72. The molecule has 0 saturated carbocycles. The smallest absolute Gasteiger partial charge is 0.401 e. The molecule has 212 valence electrons. The fraction of sp³-hybridized carbons (Fsp3) is 0.690. The van der Waals surface area contributed by atoms with Gasteiger partial charge in [-0.2, -0.15) is 8.78 Å². The number of fused-ring (bicyclic) bond motifs is 3. The highest BCUT2D eigenvalue weighted by molar-refractivity contribution is 5.76. The number of nitrogens with zero attached hydrogens (tertiary/aromatic N) is 1. The van der Waals surface area contributed by atoms with Crippen LogP contribution in [0.5, 0.6) is 11.5 Å². The largest absolute Gasteiger partial charge is 0.432 e. The predicted octanol–water partition coefficient (Wildman–Crippen LogP) is 7.89. The third-order valence-corrected chi connectivity index (χ3v) is 7.89. The summed E-state index contributed by atoms with van der Waals surface area (Å²) >= 11 is 0. The zero-order valence-electron chi connectivity index (χ0n) is 23.2. The van der Waals surface area contributed by atoms with Gasteiger partial charge in [0.05, 0.1) is 18.4 Å². The maximum absolute atomic E-state index is 15.2. The van der Waals surface area contributed by atoms with Crippen LogP contribution in [0.1, 0.15) is 109 Å². The highest BCUT2D eigenvalue weighted by Gasteiger charge is 2.53. The van der Waals surface area contributed by atoms with Crippen molar-refractivity contribution in [3.05, 3.63) is 45.0 Å². The highest BCUT2D eigenvalue weighted by Crippen LogP contribution is 2.56. The molecule has 0 fully saturated rings. The van der Waals surface area contributed by atoms with Crippen LogP contribution in [0.3, 0.4) is 0 Å². The number of benzene rings is 1. The second-order valence-corrected chi connectivity index (χ2v) is 11.3. The Kier molecular flexibility index (Phi) is 9.76. The van der Waals surface area contributed by atoms with E-state index in [0.717, 1.165) is 18.4 Å². The number of halogens is 2. The lowest BCUT2D eigenvalue weighted by Gasteiger charge is -2.42. The molecule has 3 rings (SSSR count). The van der Waals surface area contributed by atoms with Crippen LogP contribution >= 0.6 is 0 Å². The van der Waals surface area contributed by atoms with Crippen molar-refractivity contribution in [1.29, 1.82) is 0 Å². The van der Waals surface area contributed by atoms with Crippen molar-refractivity contribution in [2.75, 3.05) is 6.61 Å². The molecule has 0 radical (unpaired) electrons. The number of unbranched alkanes of at least 4 members (excludes halogenated alkanes) is 1. The Morgan fingerprint density at radius 2 is 1.92 bits per heavy atom. The number of esters is 1. The minimum Gasteiger partial charge on any atom is -0.432 e. The summed E-state index contributed by atoms with van der Waals surface area (Å²) in [4.78, 5) is 28.1. The van der Waals surface area contributed by atoms with Crippen LogP contribution in [0, 0.1) is 22.0 Å². The van der Waals surface area contributed by atoms with Crippen molar-refractivity contribution in [2.24, 2.45) is 11.8 Å². The molecule has 0 saturated heterocycles. The van der Waals surface area contributed by atoms with E-state index in [0.29, 0.717) is 55.4 Å². The van der Waals surface area contributed by atoms with Crippen LogP contribution in [0.25, 0.3) is 0 Å². The van der Waals surface area contributed by atoms with Gasteiger partial charge in [0.25, 0.3) is 5.09 Å². The molecule has 0 aromatic heterocycles. The van der Waals surface area contributed by atoms with Gasteiger partial charge in [-0.25, -0.2) is 0 Å². The number of hydrogen-bond donors (Lipinski definition) is 0. The minimum absolute atomic E-state index is 0.00233. The van der Waals surface area contributed by atoms with Gasteiger partial charge < -0.3 is 14.3 Å². The van der Waals surface area contributed by atoms with Crippen LogP contribution < -0.4 is 9.47 Å². The number of alkyl halides is 2. The first-order chi connectivity index (χ1) is 17.9. The van der Waals surface area contributed by atoms with Crippen LogP contribution in [0.2, 0.25) is 0 Å². The summed E-state index contributed by atoms with van der Waals surface area (Å²) in [5.74, 6) is -1.76. The summed E-state index contributed by atoms with van der Waals surface area (Å²) in [5.41, 5.74) is 1.81. The summed E-state index contributed by atoms with van der Waals surface area (Å²) in [5, 5.41) is 9.60. The van der Waals surface area contributed by atoms with E-state index in [1.807, 2.05) is 46.8 Å². The number of carbonyl (C=O) groups is 1. The van der Waals surface area contributed by atoms with E-state index in [2.05, 4.69) is 4.84 Å². The molecule has 0 amide bonds. The van der Waals surface area contributed by atoms with Crippen LogP contribution in [-0.4, -0.2) is 23.8 Å². The molecule has 9 heteroatoms. The zero-order chi connectivity index (χ0) is 28.1. The molecule has 2 aliphatic rings. The number of hydrogen-bond acceptors (Lipinski definition) is 6. The quantitative estimate of drug-likeness (QED) is 0.0635. The van der Waals surface area contributed by atoms with Crippen LogP contribution in [-0.2, 0) is 15.0 Å². The van der Waals surface area contributed by atoms with Crippen molar-refractivity contribution in [3.63, 3.8) is 0 Å². The average molecular weight is 538 g/mol. The molecule has 1 aromatic rings. The highest BCUT2D eigenvalue weighted by atomic mass is 19.3. The average Bonchev–Trinajstić information content (AvgIpc) is 2.82. The monoisotopic (exact) mass is 537 g/mol. The van der Waals surface area contributed by atoms with Crippen molar-refractivity contribution in [3.8, 4) is 11.5 Å². The summed E-state index contributed by atoms with van der Waals surface area (Å²) in [6.07, 6.45) is 3.98. The van der Waals surface area contributed by atoms with E-state index in [1.54, 1.807) is 6.07 Å². The van der Waals surface area contributed by atoms with E-state index < -0.39 is 28.4 Å². The standard InChI is InChI=1S/C29H41F2NO6/c1-6-10-20(11-7-2)27(33)37-24-17-21(28(4,5)14-8-9-15-36-32(34)35)18-25-26(24)22-16-19(3)12-13-23(22)29(30,31)38-25/h12,17-18,20,22-23H,6-11,13-16H2,1-5H3/t22-,23-/m1/s1. The van der Waals surface area contributed by atoms with Crippen molar-refractivity contribution in [2.45, 2.75) is 110 Å². The van der Waals surface area contributed by atoms with E-state index in [1.165, 1.54) is 0 Å². The van der Waals surface area contributed by atoms with E-state index in [4.69, 9.17) is 9.47 Å². The third-order valence-electron chi connectivity index (χ3n) is 7.89. The zero-order valence-corrected chi connectivity index (χ0v) is 23.2. The summed E-state index contributed by atoms with van der Waals surface area (Å²) in [6.45, 7) is 9.93. The van der Waals surface area contributed by atoms with Gasteiger partial charge in [0.2, 0.25) is 0 Å². The van der Waals surface area contributed by atoms with Crippen molar-refractivity contribution >= 4 is 5.97 Å². The maximum Gasteiger partial charge on any atom is 0.401 e. The Balaban J connectivity index is 2.00. The van der Waals surface area contributed by atoms with Gasteiger partial charge in [-0.3, -0.25) is 4.79 Å². The molecule has 7 nitrogen and oxygen atoms in total. The molecule has 1 aliphatic heterocycles. The molecule has 0 unspecified atom stereocenters. The number of allylic oxidation sites excluding steroid dienone is 2. The second-order valence-electron chi connectivity index (χ2n) is 11.3. The predicted molar refractivity (Wildman–Crippen MR) is 140 cm³/mol. The van der Waals surface area contributed by atoms with Crippen LogP contribution in [0.15, 0.2) is 23.8 Å². The first-order valence-electron chi connectivity index (χ1n) is 13.8. The van der Waals surface area contributed by atoms with Gasteiger partial charge >= 0.3 is 12.1 Å². The lowest BCUT2D eigenvalue weighted by Crippen LogP contribution is -2.43. The van der Waals surface area contributed by atoms with Crippen molar-refractivity contribution < 1.29 is 33.0 Å². The fourth-order valence-corrected chi connectivity index (χ4v) is 5.71. The summed E-state index contributed by atoms with van der Waals surface area (Å²) in [6, 6.07) is 3.48. The number of rotatable bonds is 13. The van der Waals surface area contributed by atoms with Gasteiger partial charge in [-0.1, -0.05) is 58.6 Å². The van der Waals surface area contributed by atoms with Gasteiger partial charge in [0, 0.05) is 11.5 Å². The molecule has 1 aliphatic carbocycles. The first-order valence-corrected chi connectivity index (χ1v) is 13.8. The van der Waals surface area contributed by atoms with Crippen LogP contribution in [0.4, 0.5) is 8.78 Å². The van der Waals surface area contributed by atoms with Crippen molar-refractivity contribution in [1.82, 2.24) is 0 Å². The van der Waals surface area contributed by atoms with E-state index in [9.17, 15) is 14.9 Å². The third kappa shape index (κ3) is 7.03. The maximum atomic E-state index is 15.2. The number of ether oxygens (including phenoxy) is 2. The Bertz CT molecular complexity index is 1030. The molecule has 1 heterocycles. The second kappa shape index (κ2) is 12.4. The summed E-state index contributed by atoms with van der Waals surface area (Å²) in [7, 11) is 0. The first kappa shape index (κ1) is 29.8. The molecule has 2 atom stereocenters. The molecule has 0 spiro atoms. The topological polar surface area (TPSA) is 87.9 Å². The van der Waals surface area contributed by atoms with Gasteiger partial charge in [-0.15, -0.1) is 10.1 Å². The van der Waals surface area contributed by atoms with E-state index >= 15 is 8.78 Å². The fourth-order valence-electron chi connectivity index (χ4n) is 5.71. The number of carbonyl (C=O) groups excluding carboxylic acids is 1. The molecule has 1 aromatic carbocycles. The van der Waals surface area contributed by atoms with Gasteiger partial charge in [0.1, 0.15) is 11.5 Å². The molecular weight excluding hydrogens is 496 g/mol. The Hall–Kier alpha value is -2.71. The van der Waals surface area contributed by atoms with Gasteiger partial charge in [0.15, 0.2) is 0 Å². The Morgan fingerprint density at radius 3 is 2.55 bits per heavy atom. The SMILES string of the molecule is CCCC(CCC)C(=O)Oc1cc(C(C)(C)CCCCO[N+](=O)[O-])cc2c1[C@@H]1CC(C)=CC[C@H]1C(F)(F)O2. The minimum atomic E-state index is -3.34.